The molecule has 0 bridgehead atoms. The smallest absolute Gasteiger partial charge is 0.118 e. The minimum Gasteiger partial charge on any atom is -0.468 e. The van der Waals surface area contributed by atoms with E-state index >= 15 is 0 Å². The number of piperidine rings is 1. The summed E-state index contributed by atoms with van der Waals surface area (Å²) in [5.41, 5.74) is 1.24. The first-order valence-corrected chi connectivity index (χ1v) is 7.52. The molecule has 19 heavy (non-hydrogen) atoms. The van der Waals surface area contributed by atoms with Gasteiger partial charge in [-0.05, 0) is 32.5 Å². The number of piperazine rings is 1. The Bertz CT molecular complexity index is 404. The molecule has 2 aliphatic rings. The van der Waals surface area contributed by atoms with E-state index in [0.717, 1.165) is 24.9 Å². The lowest BCUT2D eigenvalue weighted by Crippen LogP contribution is -2.54. The molecular weight excluding hydrogens is 238 g/mol. The number of furan rings is 1. The fraction of sp³-hybridized carbons (Fsp3) is 0.733. The van der Waals surface area contributed by atoms with Crippen LogP contribution in [-0.4, -0.2) is 49.1 Å². The summed E-state index contributed by atoms with van der Waals surface area (Å²) >= 11 is 0. The molecule has 0 spiro atoms. The van der Waals surface area contributed by atoms with Crippen LogP contribution in [0.2, 0.25) is 0 Å². The Hall–Kier alpha value is -0.840. The van der Waals surface area contributed by atoms with Crippen molar-refractivity contribution in [2.75, 3.05) is 33.2 Å². The number of rotatable bonds is 4. The molecule has 106 valence electrons. The van der Waals surface area contributed by atoms with E-state index in [1.165, 1.54) is 51.0 Å². The third-order valence-corrected chi connectivity index (χ3v) is 4.39. The lowest BCUT2D eigenvalue weighted by molar-refractivity contribution is 0.0426. The molecule has 1 aromatic rings. The molecule has 0 amide bonds. The fourth-order valence-electron chi connectivity index (χ4n) is 3.39. The Labute approximate surface area is 115 Å². The van der Waals surface area contributed by atoms with E-state index in [1.54, 1.807) is 0 Å². The molecule has 2 aliphatic heterocycles. The Morgan fingerprint density at radius 3 is 3.16 bits per heavy atom. The summed E-state index contributed by atoms with van der Waals surface area (Å²) in [6, 6.07) is 2.97. The van der Waals surface area contributed by atoms with Crippen molar-refractivity contribution in [3.05, 3.63) is 23.7 Å². The highest BCUT2D eigenvalue weighted by Gasteiger charge is 2.28. The molecule has 1 unspecified atom stereocenters. The maximum absolute atomic E-state index is 5.66. The van der Waals surface area contributed by atoms with Gasteiger partial charge in [0.15, 0.2) is 0 Å². The number of nitrogens with zero attached hydrogens (tertiary/aromatic N) is 2. The zero-order valence-electron chi connectivity index (χ0n) is 11.9. The summed E-state index contributed by atoms with van der Waals surface area (Å²) in [6.07, 6.45) is 6.05. The lowest BCUT2D eigenvalue weighted by atomic mass is 9.99. The summed E-state index contributed by atoms with van der Waals surface area (Å²) < 4.78 is 5.66. The first-order valence-electron chi connectivity index (χ1n) is 7.52. The minimum atomic E-state index is 0.786. The highest BCUT2D eigenvalue weighted by Crippen LogP contribution is 2.22. The molecule has 2 fully saturated rings. The summed E-state index contributed by atoms with van der Waals surface area (Å²) in [5, 5.41) is 3.16. The molecule has 4 nitrogen and oxygen atoms in total. The number of fused-ring (bicyclic) bond motifs is 1. The zero-order valence-corrected chi connectivity index (χ0v) is 11.9. The predicted octanol–water partition coefficient (Wildman–Crippen LogP) is 1.67. The van der Waals surface area contributed by atoms with Crippen LogP contribution in [-0.2, 0) is 13.1 Å². The third kappa shape index (κ3) is 3.19. The molecule has 1 atom stereocenters. The van der Waals surface area contributed by atoms with Crippen LogP contribution in [0.15, 0.2) is 16.7 Å². The minimum absolute atomic E-state index is 0.786. The normalized spacial score (nSPS) is 25.4. The Morgan fingerprint density at radius 1 is 1.32 bits per heavy atom. The van der Waals surface area contributed by atoms with Gasteiger partial charge in [-0.25, -0.2) is 0 Å². The van der Waals surface area contributed by atoms with E-state index < -0.39 is 0 Å². The zero-order chi connectivity index (χ0) is 13.1. The lowest BCUT2D eigenvalue weighted by Gasteiger charge is -2.43. The molecule has 0 aromatic carbocycles. The first-order chi connectivity index (χ1) is 9.35. The van der Waals surface area contributed by atoms with E-state index in [2.05, 4.69) is 21.2 Å². The van der Waals surface area contributed by atoms with Crippen LogP contribution in [0.25, 0.3) is 0 Å². The van der Waals surface area contributed by atoms with E-state index in [9.17, 15) is 0 Å². The first kappa shape index (κ1) is 13.2. The Balaban J connectivity index is 1.54. The van der Waals surface area contributed by atoms with Gasteiger partial charge in [-0.1, -0.05) is 6.42 Å². The van der Waals surface area contributed by atoms with Crippen molar-refractivity contribution < 1.29 is 4.42 Å². The van der Waals surface area contributed by atoms with E-state index in [1.807, 2.05) is 13.3 Å². The number of hydrogen-bond acceptors (Lipinski definition) is 4. The van der Waals surface area contributed by atoms with Gasteiger partial charge in [0, 0.05) is 37.8 Å². The van der Waals surface area contributed by atoms with Crippen LogP contribution in [0.4, 0.5) is 0 Å². The van der Waals surface area contributed by atoms with Crippen molar-refractivity contribution in [3.8, 4) is 0 Å². The maximum Gasteiger partial charge on any atom is 0.118 e. The van der Waals surface area contributed by atoms with Gasteiger partial charge < -0.3 is 9.73 Å². The van der Waals surface area contributed by atoms with Gasteiger partial charge in [0.25, 0.3) is 0 Å². The monoisotopic (exact) mass is 263 g/mol. The predicted molar refractivity (Wildman–Crippen MR) is 76.0 cm³/mol. The highest BCUT2D eigenvalue weighted by molar-refractivity contribution is 5.12. The van der Waals surface area contributed by atoms with Crippen LogP contribution in [0.3, 0.4) is 0 Å². The summed E-state index contributed by atoms with van der Waals surface area (Å²) in [6.45, 7) is 6.79. The van der Waals surface area contributed by atoms with Crippen molar-refractivity contribution in [2.24, 2.45) is 0 Å². The maximum atomic E-state index is 5.66. The van der Waals surface area contributed by atoms with Crippen molar-refractivity contribution in [2.45, 2.75) is 38.4 Å². The molecule has 0 saturated carbocycles. The van der Waals surface area contributed by atoms with Gasteiger partial charge in [-0.15, -0.1) is 0 Å². The molecular formula is C15H25N3O. The van der Waals surface area contributed by atoms with Gasteiger partial charge in [0.2, 0.25) is 0 Å². The Morgan fingerprint density at radius 2 is 2.26 bits per heavy atom. The molecule has 2 saturated heterocycles. The summed E-state index contributed by atoms with van der Waals surface area (Å²) in [7, 11) is 1.97. The molecule has 1 N–H and O–H groups in total. The average Bonchev–Trinajstić information content (AvgIpc) is 2.86. The van der Waals surface area contributed by atoms with Gasteiger partial charge in [0.1, 0.15) is 5.76 Å². The van der Waals surface area contributed by atoms with Crippen LogP contribution in [0.1, 0.15) is 30.6 Å². The highest BCUT2D eigenvalue weighted by atomic mass is 16.3. The largest absolute Gasteiger partial charge is 0.468 e. The van der Waals surface area contributed by atoms with Gasteiger partial charge in [0.05, 0.1) is 12.8 Å². The molecule has 0 radical (unpaired) electrons. The van der Waals surface area contributed by atoms with Crippen molar-refractivity contribution in [1.82, 2.24) is 15.1 Å². The molecule has 3 rings (SSSR count). The number of hydrogen-bond donors (Lipinski definition) is 1. The number of nitrogens with one attached hydrogen (secondary N) is 1. The fourth-order valence-corrected chi connectivity index (χ4v) is 3.39. The summed E-state index contributed by atoms with van der Waals surface area (Å²) in [5.74, 6) is 1.11. The third-order valence-electron chi connectivity index (χ3n) is 4.39. The van der Waals surface area contributed by atoms with E-state index in [4.69, 9.17) is 4.42 Å². The van der Waals surface area contributed by atoms with Crippen molar-refractivity contribution >= 4 is 0 Å². The standard InChI is InChI=1S/C15H25N3O/c1-16-9-13-8-15(19-12-13)11-17-6-7-18-5-3-2-4-14(18)10-17/h8,12,14,16H,2-7,9-11H2,1H3. The molecule has 0 aliphatic carbocycles. The average molecular weight is 263 g/mol. The second-order valence-corrected chi connectivity index (χ2v) is 5.87. The van der Waals surface area contributed by atoms with Crippen molar-refractivity contribution in [3.63, 3.8) is 0 Å². The van der Waals surface area contributed by atoms with Gasteiger partial charge in [-0.3, -0.25) is 9.80 Å². The SMILES string of the molecule is CNCc1coc(CN2CCN3CCCCC3C2)c1. The van der Waals surface area contributed by atoms with Crippen LogP contribution < -0.4 is 5.32 Å². The van der Waals surface area contributed by atoms with E-state index in [-0.39, 0.29) is 0 Å². The van der Waals surface area contributed by atoms with Gasteiger partial charge >= 0.3 is 0 Å². The second kappa shape index (κ2) is 6.07. The van der Waals surface area contributed by atoms with Gasteiger partial charge in [-0.2, -0.15) is 0 Å². The molecule has 3 heterocycles. The van der Waals surface area contributed by atoms with Crippen LogP contribution in [0.5, 0.6) is 0 Å². The molecule has 4 heteroatoms. The van der Waals surface area contributed by atoms with Crippen LogP contribution >= 0.6 is 0 Å². The van der Waals surface area contributed by atoms with Crippen LogP contribution in [0, 0.1) is 0 Å². The second-order valence-electron chi connectivity index (χ2n) is 5.87. The quantitative estimate of drug-likeness (QED) is 0.895. The molecule has 1 aromatic heterocycles. The Kier molecular flexibility index (Phi) is 4.21. The van der Waals surface area contributed by atoms with Crippen molar-refractivity contribution in [1.29, 1.82) is 0 Å². The van der Waals surface area contributed by atoms with E-state index in [0.29, 0.717) is 0 Å². The summed E-state index contributed by atoms with van der Waals surface area (Å²) in [4.78, 5) is 5.23. The topological polar surface area (TPSA) is 31.7 Å².